The Morgan fingerprint density at radius 2 is 2.25 bits per heavy atom. The van der Waals surface area contributed by atoms with Crippen molar-refractivity contribution >= 4 is 27.5 Å². The van der Waals surface area contributed by atoms with Crippen molar-refractivity contribution in [3.63, 3.8) is 0 Å². The molecule has 16 heavy (non-hydrogen) atoms. The smallest absolute Gasteiger partial charge is 0.239 e. The summed E-state index contributed by atoms with van der Waals surface area (Å²) in [6.45, 7) is 0.220. The maximum atomic E-state index is 11.2. The average Bonchev–Trinajstić information content (AvgIpc) is 2.28. The molecule has 4 nitrogen and oxygen atoms in total. The van der Waals surface area contributed by atoms with Crippen LogP contribution in [-0.2, 0) is 11.4 Å². The van der Waals surface area contributed by atoms with Gasteiger partial charge in [-0.15, -0.1) is 0 Å². The molecule has 0 unspecified atom stereocenters. The fourth-order valence-electron chi connectivity index (χ4n) is 1.43. The monoisotopic (exact) mass is 286 g/mol. The number of benzene rings is 1. The molecular weight excluding hydrogens is 272 g/mol. The second-order valence-electron chi connectivity index (χ2n) is 3.46. The third-order valence-electron chi connectivity index (χ3n) is 2.28. The zero-order chi connectivity index (χ0) is 12.1. The van der Waals surface area contributed by atoms with Crippen LogP contribution >= 0.6 is 15.9 Å². The molecule has 2 N–H and O–H groups in total. The van der Waals surface area contributed by atoms with E-state index in [-0.39, 0.29) is 19.1 Å². The summed E-state index contributed by atoms with van der Waals surface area (Å²) in [6.07, 6.45) is 0. The van der Waals surface area contributed by atoms with E-state index in [9.17, 15) is 9.90 Å². The molecule has 1 rings (SSSR count). The van der Waals surface area contributed by atoms with Crippen LogP contribution in [0, 0.1) is 0 Å². The number of carbonyl (C=O) groups is 1. The van der Waals surface area contributed by atoms with Crippen LogP contribution in [0.1, 0.15) is 5.56 Å². The highest BCUT2D eigenvalue weighted by Crippen LogP contribution is 2.23. The van der Waals surface area contributed by atoms with E-state index < -0.39 is 0 Å². The number of amides is 1. The first-order chi connectivity index (χ1) is 7.58. The second kappa shape index (κ2) is 5.86. The molecule has 1 amide bonds. The van der Waals surface area contributed by atoms with Crippen LogP contribution in [-0.4, -0.2) is 31.7 Å². The zero-order valence-electron chi connectivity index (χ0n) is 9.33. The molecular formula is C11H15BrN2O2. The third-order valence-corrected chi connectivity index (χ3v) is 2.78. The SMILES string of the molecule is CNC(=O)CN(C)c1ccc(Br)cc1CO. The minimum Gasteiger partial charge on any atom is -0.392 e. The van der Waals surface area contributed by atoms with Gasteiger partial charge in [-0.05, 0) is 18.2 Å². The summed E-state index contributed by atoms with van der Waals surface area (Å²) in [7, 11) is 3.42. The van der Waals surface area contributed by atoms with Crippen LogP contribution in [0.2, 0.25) is 0 Å². The Kier molecular flexibility index (Phi) is 4.76. The molecule has 0 spiro atoms. The van der Waals surface area contributed by atoms with Crippen molar-refractivity contribution in [1.29, 1.82) is 0 Å². The molecule has 0 aliphatic rings. The Balaban J connectivity index is 2.90. The van der Waals surface area contributed by atoms with Gasteiger partial charge in [0.1, 0.15) is 0 Å². The van der Waals surface area contributed by atoms with Crippen molar-refractivity contribution in [2.75, 3.05) is 25.5 Å². The Hall–Kier alpha value is -1.07. The maximum absolute atomic E-state index is 11.2. The average molecular weight is 287 g/mol. The predicted molar refractivity (Wildman–Crippen MR) is 67.4 cm³/mol. The number of hydrogen-bond donors (Lipinski definition) is 2. The van der Waals surface area contributed by atoms with Gasteiger partial charge in [-0.2, -0.15) is 0 Å². The van der Waals surface area contributed by atoms with Gasteiger partial charge in [-0.25, -0.2) is 0 Å². The van der Waals surface area contributed by atoms with Gasteiger partial charge < -0.3 is 15.3 Å². The molecule has 1 aromatic rings. The van der Waals surface area contributed by atoms with Crippen LogP contribution < -0.4 is 10.2 Å². The van der Waals surface area contributed by atoms with Crippen LogP contribution in [0.5, 0.6) is 0 Å². The number of hydrogen-bond acceptors (Lipinski definition) is 3. The lowest BCUT2D eigenvalue weighted by Crippen LogP contribution is -2.33. The van der Waals surface area contributed by atoms with Crippen LogP contribution in [0.3, 0.4) is 0 Å². The molecule has 0 heterocycles. The largest absolute Gasteiger partial charge is 0.392 e. The van der Waals surface area contributed by atoms with Crippen LogP contribution in [0.15, 0.2) is 22.7 Å². The second-order valence-corrected chi connectivity index (χ2v) is 4.38. The van der Waals surface area contributed by atoms with E-state index in [2.05, 4.69) is 21.2 Å². The first-order valence-corrected chi connectivity index (χ1v) is 5.68. The number of aliphatic hydroxyl groups excluding tert-OH is 1. The molecule has 5 heteroatoms. The van der Waals surface area contributed by atoms with Crippen molar-refractivity contribution in [2.24, 2.45) is 0 Å². The standard InChI is InChI=1S/C11H15BrN2O2/c1-13-11(16)6-14(2)10-4-3-9(12)5-8(10)7-15/h3-5,15H,6-7H2,1-2H3,(H,13,16). The molecule has 0 saturated carbocycles. The lowest BCUT2D eigenvalue weighted by Gasteiger charge is -2.21. The number of anilines is 1. The van der Waals surface area contributed by atoms with E-state index in [1.165, 1.54) is 0 Å². The van der Waals surface area contributed by atoms with E-state index in [1.807, 2.05) is 25.2 Å². The predicted octanol–water partition coefficient (Wildman–Crippen LogP) is 1.12. The quantitative estimate of drug-likeness (QED) is 0.872. The van der Waals surface area contributed by atoms with Gasteiger partial charge in [0.05, 0.1) is 13.2 Å². The van der Waals surface area contributed by atoms with Gasteiger partial charge in [0.2, 0.25) is 5.91 Å². The molecule has 0 fully saturated rings. The molecule has 0 radical (unpaired) electrons. The summed E-state index contributed by atoms with van der Waals surface area (Å²) in [4.78, 5) is 13.0. The third kappa shape index (κ3) is 3.21. The number of aliphatic hydroxyl groups is 1. The molecule has 0 aliphatic heterocycles. The van der Waals surface area contributed by atoms with Gasteiger partial charge in [-0.3, -0.25) is 4.79 Å². The highest BCUT2D eigenvalue weighted by Gasteiger charge is 2.10. The number of nitrogens with zero attached hydrogens (tertiary/aromatic N) is 1. The molecule has 0 aliphatic carbocycles. The molecule has 0 aromatic heterocycles. The van der Waals surface area contributed by atoms with Gasteiger partial charge >= 0.3 is 0 Å². The van der Waals surface area contributed by atoms with Gasteiger partial charge in [-0.1, -0.05) is 15.9 Å². The Labute approximate surface area is 103 Å². The first-order valence-electron chi connectivity index (χ1n) is 4.89. The summed E-state index contributed by atoms with van der Waals surface area (Å²) < 4.78 is 0.911. The van der Waals surface area contributed by atoms with E-state index in [1.54, 1.807) is 11.9 Å². The highest BCUT2D eigenvalue weighted by molar-refractivity contribution is 9.10. The lowest BCUT2D eigenvalue weighted by atomic mass is 10.1. The number of rotatable bonds is 4. The van der Waals surface area contributed by atoms with Crippen molar-refractivity contribution < 1.29 is 9.90 Å². The van der Waals surface area contributed by atoms with Crippen LogP contribution in [0.25, 0.3) is 0 Å². The van der Waals surface area contributed by atoms with Gasteiger partial charge in [0, 0.05) is 29.8 Å². The van der Waals surface area contributed by atoms with E-state index in [4.69, 9.17) is 0 Å². The minimum atomic E-state index is -0.0608. The van der Waals surface area contributed by atoms with E-state index in [0.717, 1.165) is 15.7 Å². The van der Waals surface area contributed by atoms with Gasteiger partial charge in [0.15, 0.2) is 0 Å². The molecule has 1 aromatic carbocycles. The summed E-state index contributed by atoms with van der Waals surface area (Å²) in [5.41, 5.74) is 1.65. The summed E-state index contributed by atoms with van der Waals surface area (Å²) in [5.74, 6) is -0.0608. The lowest BCUT2D eigenvalue weighted by molar-refractivity contribution is -0.119. The number of nitrogens with one attached hydrogen (secondary N) is 1. The molecule has 0 saturated heterocycles. The fourth-order valence-corrected chi connectivity index (χ4v) is 1.84. The highest BCUT2D eigenvalue weighted by atomic mass is 79.9. The van der Waals surface area contributed by atoms with E-state index >= 15 is 0 Å². The van der Waals surface area contributed by atoms with Crippen LogP contribution in [0.4, 0.5) is 5.69 Å². The molecule has 0 atom stereocenters. The van der Waals surface area contributed by atoms with Crippen molar-refractivity contribution in [3.05, 3.63) is 28.2 Å². The van der Waals surface area contributed by atoms with E-state index in [0.29, 0.717) is 0 Å². The Morgan fingerprint density at radius 3 is 2.81 bits per heavy atom. The van der Waals surface area contributed by atoms with Crippen molar-refractivity contribution in [1.82, 2.24) is 5.32 Å². The Bertz CT molecular complexity index is 382. The summed E-state index contributed by atoms with van der Waals surface area (Å²) in [6, 6.07) is 5.60. The number of carbonyl (C=O) groups excluding carboxylic acids is 1. The normalized spacial score (nSPS) is 10.0. The summed E-state index contributed by atoms with van der Waals surface area (Å²) >= 11 is 3.34. The maximum Gasteiger partial charge on any atom is 0.239 e. The molecule has 88 valence electrons. The number of likely N-dealkylation sites (N-methyl/N-ethyl adjacent to an activating group) is 2. The minimum absolute atomic E-state index is 0.0488. The zero-order valence-corrected chi connectivity index (χ0v) is 10.9. The number of halogens is 1. The topological polar surface area (TPSA) is 52.6 Å². The Morgan fingerprint density at radius 1 is 1.56 bits per heavy atom. The van der Waals surface area contributed by atoms with Crippen molar-refractivity contribution in [3.8, 4) is 0 Å². The van der Waals surface area contributed by atoms with Crippen molar-refractivity contribution in [2.45, 2.75) is 6.61 Å². The first kappa shape index (κ1) is 13.0. The summed E-state index contributed by atoms with van der Waals surface area (Å²) in [5, 5.41) is 11.8. The van der Waals surface area contributed by atoms with Gasteiger partial charge in [0.25, 0.3) is 0 Å². The fraction of sp³-hybridized carbons (Fsp3) is 0.364. The molecule has 0 bridgehead atoms.